The van der Waals surface area contributed by atoms with Crippen LogP contribution in [0.4, 0.5) is 0 Å². The molecule has 0 bridgehead atoms. The highest BCUT2D eigenvalue weighted by molar-refractivity contribution is 6.35. The molecule has 1 aliphatic heterocycles. The van der Waals surface area contributed by atoms with Crippen LogP contribution in [0, 0.1) is 0 Å². The third kappa shape index (κ3) is 6.05. The number of likely N-dealkylation sites (N-methyl/N-ethyl adjacent to an activating group) is 1. The summed E-state index contributed by atoms with van der Waals surface area (Å²) in [7, 11) is 1.54. The largest absolute Gasteiger partial charge is 0.383 e. The maximum absolute atomic E-state index is 12.0. The molecule has 0 radical (unpaired) electrons. The summed E-state index contributed by atoms with van der Waals surface area (Å²) in [6.45, 7) is 8.10. The monoisotopic (exact) mass is 363 g/mol. The molecule has 1 aromatic heterocycles. The summed E-state index contributed by atoms with van der Waals surface area (Å²) < 4.78 is 4.86. The van der Waals surface area contributed by atoms with Gasteiger partial charge in [-0.3, -0.25) is 19.5 Å². The molecule has 26 heavy (non-hydrogen) atoms. The van der Waals surface area contributed by atoms with E-state index in [0.29, 0.717) is 19.7 Å². The number of amides is 2. The second-order valence-electron chi connectivity index (χ2n) is 6.23. The smallest absolute Gasteiger partial charge is 0.309 e. The van der Waals surface area contributed by atoms with Crippen molar-refractivity contribution >= 4 is 11.8 Å². The SMILES string of the molecule is CCN1CCN([C@@H](CNC(=O)C(=O)NCCOC)c2cccnc2)CC1. The van der Waals surface area contributed by atoms with E-state index in [9.17, 15) is 9.59 Å². The molecule has 1 saturated heterocycles. The molecule has 0 aliphatic carbocycles. The van der Waals surface area contributed by atoms with Gasteiger partial charge in [0.2, 0.25) is 0 Å². The molecule has 2 heterocycles. The van der Waals surface area contributed by atoms with Gasteiger partial charge in [0.05, 0.1) is 12.6 Å². The van der Waals surface area contributed by atoms with Crippen LogP contribution in [-0.2, 0) is 14.3 Å². The van der Waals surface area contributed by atoms with Gasteiger partial charge in [-0.1, -0.05) is 13.0 Å². The predicted molar refractivity (Wildman–Crippen MR) is 98.6 cm³/mol. The number of nitrogens with one attached hydrogen (secondary N) is 2. The first kappa shape index (κ1) is 20.3. The lowest BCUT2D eigenvalue weighted by Crippen LogP contribution is -2.50. The highest BCUT2D eigenvalue weighted by Crippen LogP contribution is 2.20. The maximum Gasteiger partial charge on any atom is 0.309 e. The van der Waals surface area contributed by atoms with Crippen LogP contribution >= 0.6 is 0 Å². The lowest BCUT2D eigenvalue weighted by Gasteiger charge is -2.39. The average Bonchev–Trinajstić information content (AvgIpc) is 2.69. The Bertz CT molecular complexity index is 561. The van der Waals surface area contributed by atoms with Crippen molar-refractivity contribution in [3.8, 4) is 0 Å². The zero-order chi connectivity index (χ0) is 18.8. The lowest BCUT2D eigenvalue weighted by atomic mass is 10.1. The molecule has 1 aliphatic rings. The zero-order valence-corrected chi connectivity index (χ0v) is 15.6. The number of methoxy groups -OCH3 is 1. The Morgan fingerprint density at radius 2 is 1.96 bits per heavy atom. The first-order chi connectivity index (χ1) is 12.7. The van der Waals surface area contributed by atoms with Crippen molar-refractivity contribution in [3.05, 3.63) is 30.1 Å². The topological polar surface area (TPSA) is 86.8 Å². The van der Waals surface area contributed by atoms with Crippen LogP contribution < -0.4 is 10.6 Å². The molecule has 0 saturated carbocycles. The number of aromatic nitrogens is 1. The molecule has 2 rings (SSSR count). The molecule has 0 aromatic carbocycles. The van der Waals surface area contributed by atoms with Gasteiger partial charge in [0.25, 0.3) is 0 Å². The molecule has 144 valence electrons. The van der Waals surface area contributed by atoms with E-state index in [1.807, 2.05) is 18.3 Å². The average molecular weight is 363 g/mol. The highest BCUT2D eigenvalue weighted by Gasteiger charge is 2.26. The van der Waals surface area contributed by atoms with E-state index in [4.69, 9.17) is 4.74 Å². The molecule has 2 amide bonds. The van der Waals surface area contributed by atoms with E-state index in [1.165, 1.54) is 0 Å². The van der Waals surface area contributed by atoms with Crippen molar-refractivity contribution in [2.24, 2.45) is 0 Å². The fourth-order valence-corrected chi connectivity index (χ4v) is 3.04. The van der Waals surface area contributed by atoms with Crippen LogP contribution in [-0.4, -0.2) is 86.1 Å². The van der Waals surface area contributed by atoms with Gasteiger partial charge in [-0.05, 0) is 18.2 Å². The maximum atomic E-state index is 12.0. The minimum absolute atomic E-state index is 0.00145. The van der Waals surface area contributed by atoms with Gasteiger partial charge in [-0.15, -0.1) is 0 Å². The van der Waals surface area contributed by atoms with E-state index >= 15 is 0 Å². The number of ether oxygens (including phenoxy) is 1. The minimum atomic E-state index is -0.636. The van der Waals surface area contributed by atoms with E-state index < -0.39 is 11.8 Å². The van der Waals surface area contributed by atoms with Crippen LogP contribution in [0.3, 0.4) is 0 Å². The number of hydrogen-bond acceptors (Lipinski definition) is 6. The Morgan fingerprint density at radius 1 is 1.23 bits per heavy atom. The second-order valence-corrected chi connectivity index (χ2v) is 6.23. The number of carbonyl (C=O) groups excluding carboxylic acids is 2. The van der Waals surface area contributed by atoms with Crippen LogP contribution in [0.2, 0.25) is 0 Å². The van der Waals surface area contributed by atoms with Crippen LogP contribution in [0.5, 0.6) is 0 Å². The summed E-state index contributed by atoms with van der Waals surface area (Å²) in [6.07, 6.45) is 3.55. The van der Waals surface area contributed by atoms with E-state index in [1.54, 1.807) is 13.3 Å². The third-order valence-corrected chi connectivity index (χ3v) is 4.62. The van der Waals surface area contributed by atoms with Gasteiger partial charge in [0.1, 0.15) is 0 Å². The molecule has 8 nitrogen and oxygen atoms in total. The summed E-state index contributed by atoms with van der Waals surface area (Å²) in [5.74, 6) is -1.26. The summed E-state index contributed by atoms with van der Waals surface area (Å²) >= 11 is 0. The first-order valence-electron chi connectivity index (χ1n) is 9.07. The van der Waals surface area contributed by atoms with Gasteiger partial charge < -0.3 is 20.3 Å². The Hall–Kier alpha value is -2.03. The number of rotatable bonds is 8. The van der Waals surface area contributed by atoms with Gasteiger partial charge in [-0.25, -0.2) is 0 Å². The van der Waals surface area contributed by atoms with Crippen molar-refractivity contribution in [1.82, 2.24) is 25.4 Å². The summed E-state index contributed by atoms with van der Waals surface area (Å²) in [5, 5.41) is 5.29. The predicted octanol–water partition coefficient (Wildman–Crippen LogP) is -0.361. The minimum Gasteiger partial charge on any atom is -0.383 e. The van der Waals surface area contributed by atoms with Crippen molar-refractivity contribution in [2.45, 2.75) is 13.0 Å². The normalized spacial score (nSPS) is 16.8. The molecule has 0 spiro atoms. The van der Waals surface area contributed by atoms with E-state index in [2.05, 4.69) is 32.3 Å². The quantitative estimate of drug-likeness (QED) is 0.485. The Morgan fingerprint density at radius 3 is 2.58 bits per heavy atom. The molecule has 1 aromatic rings. The van der Waals surface area contributed by atoms with Gasteiger partial charge >= 0.3 is 11.8 Å². The molecular formula is C18H29N5O3. The van der Waals surface area contributed by atoms with Crippen molar-refractivity contribution in [3.63, 3.8) is 0 Å². The number of hydrogen-bond donors (Lipinski definition) is 2. The molecular weight excluding hydrogens is 334 g/mol. The van der Waals surface area contributed by atoms with E-state index in [-0.39, 0.29) is 6.04 Å². The number of carbonyl (C=O) groups is 2. The Labute approximate surface area is 154 Å². The molecule has 1 fully saturated rings. The fourth-order valence-electron chi connectivity index (χ4n) is 3.04. The van der Waals surface area contributed by atoms with Crippen molar-refractivity contribution < 1.29 is 14.3 Å². The van der Waals surface area contributed by atoms with Crippen molar-refractivity contribution in [2.75, 3.05) is 59.5 Å². The fraction of sp³-hybridized carbons (Fsp3) is 0.611. The Balaban J connectivity index is 1.95. The van der Waals surface area contributed by atoms with Gasteiger partial charge in [0, 0.05) is 58.8 Å². The summed E-state index contributed by atoms with van der Waals surface area (Å²) in [4.78, 5) is 32.8. The number of nitrogens with zero attached hydrogens (tertiary/aromatic N) is 3. The molecule has 8 heteroatoms. The standard InChI is InChI=1S/C18H29N5O3/c1-3-22-8-10-23(11-9-22)16(15-5-4-6-19-13-15)14-21-18(25)17(24)20-7-12-26-2/h4-6,13,16H,3,7-12,14H2,1-2H3,(H,20,24)(H,21,25)/t16-/m0/s1. The number of piperazine rings is 1. The van der Waals surface area contributed by atoms with Crippen LogP contribution in [0.15, 0.2) is 24.5 Å². The highest BCUT2D eigenvalue weighted by atomic mass is 16.5. The van der Waals surface area contributed by atoms with Gasteiger partial charge in [0.15, 0.2) is 0 Å². The molecule has 1 atom stereocenters. The summed E-state index contributed by atoms with van der Waals surface area (Å²) in [6, 6.07) is 3.90. The molecule has 0 unspecified atom stereocenters. The van der Waals surface area contributed by atoms with Crippen LogP contribution in [0.25, 0.3) is 0 Å². The molecule has 2 N–H and O–H groups in total. The lowest BCUT2D eigenvalue weighted by molar-refractivity contribution is -0.139. The first-order valence-corrected chi connectivity index (χ1v) is 9.07. The van der Waals surface area contributed by atoms with E-state index in [0.717, 1.165) is 38.3 Å². The third-order valence-electron chi connectivity index (χ3n) is 4.62. The number of pyridine rings is 1. The van der Waals surface area contributed by atoms with Gasteiger partial charge in [-0.2, -0.15) is 0 Å². The Kier molecular flexibility index (Phi) is 8.46. The zero-order valence-electron chi connectivity index (χ0n) is 15.6. The second kappa shape index (κ2) is 10.8. The van der Waals surface area contributed by atoms with Crippen molar-refractivity contribution in [1.29, 1.82) is 0 Å². The summed E-state index contributed by atoms with van der Waals surface area (Å²) in [5.41, 5.74) is 1.04. The van der Waals surface area contributed by atoms with Crippen LogP contribution in [0.1, 0.15) is 18.5 Å².